The third kappa shape index (κ3) is 7.81. The molecule has 1 saturated heterocycles. The summed E-state index contributed by atoms with van der Waals surface area (Å²) >= 11 is 0. The molecule has 0 bridgehead atoms. The number of aromatic nitrogens is 2. The highest BCUT2D eigenvalue weighted by atomic mass is 19.1. The van der Waals surface area contributed by atoms with Crippen molar-refractivity contribution in [2.45, 2.75) is 45.8 Å². The topological polar surface area (TPSA) is 79.8 Å². The third-order valence-corrected chi connectivity index (χ3v) is 5.21. The van der Waals surface area contributed by atoms with Crippen molar-refractivity contribution >= 4 is 17.8 Å². The second-order valence-corrected chi connectivity index (χ2v) is 9.16. The van der Waals surface area contributed by atoms with E-state index in [-0.39, 0.29) is 12.1 Å². The van der Waals surface area contributed by atoms with Crippen LogP contribution in [-0.2, 0) is 16.1 Å². The van der Waals surface area contributed by atoms with E-state index >= 15 is 0 Å². The zero-order valence-electron chi connectivity index (χ0n) is 19.5. The van der Waals surface area contributed by atoms with Crippen LogP contribution in [0.1, 0.15) is 39.2 Å². The van der Waals surface area contributed by atoms with Crippen LogP contribution in [-0.4, -0.2) is 53.5 Å². The molecule has 0 atom stereocenters. The van der Waals surface area contributed by atoms with Gasteiger partial charge in [0.1, 0.15) is 35.2 Å². The number of anilines is 2. The molecule has 0 radical (unpaired) electrons. The second kappa shape index (κ2) is 10.7. The molecule has 1 aliphatic heterocycles. The van der Waals surface area contributed by atoms with E-state index in [1.165, 1.54) is 6.33 Å². The molecule has 1 N–H and O–H groups in total. The summed E-state index contributed by atoms with van der Waals surface area (Å²) in [5.74, 6) is 0.688. The average molecular weight is 464 g/mol. The first-order valence-corrected chi connectivity index (χ1v) is 11.0. The van der Waals surface area contributed by atoms with Crippen molar-refractivity contribution in [2.75, 3.05) is 36.9 Å². The molecule has 1 aromatic carbocycles. The highest BCUT2D eigenvalue weighted by molar-refractivity contribution is 5.60. The molecule has 8 nitrogen and oxygen atoms in total. The number of ether oxygens (including phenoxy) is 1. The molecule has 1 aliphatic rings. The van der Waals surface area contributed by atoms with Gasteiger partial charge in [0.25, 0.3) is 0 Å². The molecular formula is C23H31F2N5O3. The summed E-state index contributed by atoms with van der Waals surface area (Å²) in [6.07, 6.45) is 2.48. The van der Waals surface area contributed by atoms with Gasteiger partial charge < -0.3 is 19.8 Å². The Bertz CT molecular complexity index is 946. The molecule has 0 saturated carbocycles. The maximum atomic E-state index is 13.8. The molecule has 0 amide bonds. The van der Waals surface area contributed by atoms with Gasteiger partial charge in [-0.05, 0) is 57.7 Å². The number of hydrogen-bond acceptors (Lipinski definition) is 8. The van der Waals surface area contributed by atoms with E-state index < -0.39 is 23.4 Å². The summed E-state index contributed by atoms with van der Waals surface area (Å²) in [5.41, 5.74) is -0.363. The van der Waals surface area contributed by atoms with Crippen LogP contribution in [0.5, 0.6) is 0 Å². The lowest BCUT2D eigenvalue weighted by molar-refractivity contribution is -0.154. The van der Waals surface area contributed by atoms with E-state index in [0.717, 1.165) is 43.4 Å². The van der Waals surface area contributed by atoms with Crippen LogP contribution in [0.3, 0.4) is 0 Å². The number of nitrogens with zero attached hydrogens (tertiary/aromatic N) is 4. The van der Waals surface area contributed by atoms with Gasteiger partial charge in [-0.25, -0.2) is 23.5 Å². The maximum Gasteiger partial charge on any atom is 0.528 e. The normalized spacial score (nSPS) is 15.2. The third-order valence-electron chi connectivity index (χ3n) is 5.21. The molecule has 0 spiro atoms. The summed E-state index contributed by atoms with van der Waals surface area (Å²) in [6, 6.07) is 5.13. The summed E-state index contributed by atoms with van der Waals surface area (Å²) < 4.78 is 32.4. The minimum Gasteiger partial charge on any atom is -0.427 e. The first-order chi connectivity index (χ1) is 15.6. The molecule has 0 aliphatic carbocycles. The molecule has 1 aromatic heterocycles. The standard InChI is InChI=1S/C23H31F2N5O3/c1-23(2,3)32-22(31)33-30-9-7-16(8-10-30)14-29(4)21-12-20(27-15-28-21)26-13-17-11-18(24)5-6-19(17)25/h5-6,11-12,15-16H,7-10,13-14H2,1-4H3,(H,26,27,28). The Kier molecular flexibility index (Phi) is 8.01. The highest BCUT2D eigenvalue weighted by Gasteiger charge is 2.26. The van der Waals surface area contributed by atoms with Gasteiger partial charge in [-0.15, -0.1) is 5.06 Å². The van der Waals surface area contributed by atoms with Gasteiger partial charge in [0.15, 0.2) is 0 Å². The lowest BCUT2D eigenvalue weighted by Gasteiger charge is -2.33. The van der Waals surface area contributed by atoms with Crippen molar-refractivity contribution < 1.29 is 23.1 Å². The molecule has 1 fully saturated rings. The zero-order chi connectivity index (χ0) is 24.0. The summed E-state index contributed by atoms with van der Waals surface area (Å²) in [6.45, 7) is 7.54. The largest absolute Gasteiger partial charge is 0.528 e. The number of carbonyl (C=O) groups is 1. The van der Waals surface area contributed by atoms with Gasteiger partial charge in [0.05, 0.1) is 0 Å². The summed E-state index contributed by atoms with van der Waals surface area (Å²) in [7, 11) is 1.95. The molecule has 33 heavy (non-hydrogen) atoms. The lowest BCUT2D eigenvalue weighted by atomic mass is 9.97. The minimum absolute atomic E-state index is 0.111. The fourth-order valence-corrected chi connectivity index (χ4v) is 3.56. The first-order valence-electron chi connectivity index (χ1n) is 11.0. The lowest BCUT2D eigenvalue weighted by Crippen LogP contribution is -2.40. The number of benzene rings is 1. The van der Waals surface area contributed by atoms with E-state index in [9.17, 15) is 13.6 Å². The Balaban J connectivity index is 1.47. The number of hydrogen-bond donors (Lipinski definition) is 1. The Hall–Kier alpha value is -3.01. The van der Waals surface area contributed by atoms with E-state index in [1.54, 1.807) is 31.9 Å². The fourth-order valence-electron chi connectivity index (χ4n) is 3.56. The van der Waals surface area contributed by atoms with Gasteiger partial charge in [-0.3, -0.25) is 0 Å². The van der Waals surface area contributed by atoms with Crippen molar-refractivity contribution in [2.24, 2.45) is 5.92 Å². The van der Waals surface area contributed by atoms with Crippen LogP contribution >= 0.6 is 0 Å². The van der Waals surface area contributed by atoms with Crippen LogP contribution in [0.2, 0.25) is 0 Å². The monoisotopic (exact) mass is 463 g/mol. The average Bonchev–Trinajstić information content (AvgIpc) is 2.74. The van der Waals surface area contributed by atoms with E-state index in [2.05, 4.69) is 15.3 Å². The number of carbonyl (C=O) groups excluding carboxylic acids is 1. The first kappa shape index (κ1) is 24.6. The van der Waals surface area contributed by atoms with Gasteiger partial charge in [0.2, 0.25) is 0 Å². The van der Waals surface area contributed by atoms with Crippen molar-refractivity contribution in [1.82, 2.24) is 15.0 Å². The Morgan fingerprint density at radius 1 is 1.21 bits per heavy atom. The molecule has 180 valence electrons. The van der Waals surface area contributed by atoms with E-state index in [4.69, 9.17) is 9.57 Å². The fraction of sp³-hybridized carbons (Fsp3) is 0.522. The number of rotatable bonds is 7. The molecule has 2 heterocycles. The zero-order valence-corrected chi connectivity index (χ0v) is 19.5. The SMILES string of the molecule is CN(CC1CCN(OC(=O)OC(C)(C)C)CC1)c1cc(NCc2cc(F)ccc2F)ncn1. The van der Waals surface area contributed by atoms with Gasteiger partial charge >= 0.3 is 6.16 Å². The number of nitrogens with one attached hydrogen (secondary N) is 1. The molecule has 3 rings (SSSR count). The van der Waals surface area contributed by atoms with Gasteiger partial charge in [-0.2, -0.15) is 0 Å². The minimum atomic E-state index is -0.683. The molecule has 2 aromatic rings. The van der Waals surface area contributed by atoms with Crippen molar-refractivity contribution in [3.63, 3.8) is 0 Å². The highest BCUT2D eigenvalue weighted by Crippen LogP contribution is 2.22. The van der Waals surface area contributed by atoms with Crippen LogP contribution in [0.25, 0.3) is 0 Å². The summed E-state index contributed by atoms with van der Waals surface area (Å²) in [4.78, 5) is 27.6. The van der Waals surface area contributed by atoms with Crippen LogP contribution in [0.4, 0.5) is 25.2 Å². The number of halogens is 2. The molecule has 0 unspecified atom stereocenters. The maximum absolute atomic E-state index is 13.8. The van der Waals surface area contributed by atoms with Crippen LogP contribution < -0.4 is 10.2 Å². The van der Waals surface area contributed by atoms with Crippen molar-refractivity contribution in [3.05, 3.63) is 47.8 Å². The Morgan fingerprint density at radius 2 is 1.94 bits per heavy atom. The van der Waals surface area contributed by atoms with E-state index in [0.29, 0.717) is 24.8 Å². The predicted octanol–water partition coefficient (Wildman–Crippen LogP) is 4.38. The smallest absolute Gasteiger partial charge is 0.427 e. The van der Waals surface area contributed by atoms with Gasteiger partial charge in [-0.1, -0.05) is 0 Å². The molecular weight excluding hydrogens is 432 g/mol. The predicted molar refractivity (Wildman–Crippen MR) is 121 cm³/mol. The van der Waals surface area contributed by atoms with E-state index in [1.807, 2.05) is 11.9 Å². The quantitative estimate of drug-likeness (QED) is 0.606. The number of piperidine rings is 1. The van der Waals surface area contributed by atoms with Crippen LogP contribution in [0.15, 0.2) is 30.6 Å². The molecule has 10 heteroatoms. The number of hydroxylamine groups is 2. The summed E-state index contributed by atoms with van der Waals surface area (Å²) in [5, 5.41) is 4.66. The Morgan fingerprint density at radius 3 is 2.64 bits per heavy atom. The van der Waals surface area contributed by atoms with Crippen molar-refractivity contribution in [3.8, 4) is 0 Å². The van der Waals surface area contributed by atoms with Crippen molar-refractivity contribution in [1.29, 1.82) is 0 Å². The second-order valence-electron chi connectivity index (χ2n) is 9.16. The Labute approximate surface area is 192 Å². The van der Waals surface area contributed by atoms with Crippen LogP contribution in [0, 0.1) is 17.6 Å². The van der Waals surface area contributed by atoms with Gasteiger partial charge in [0, 0.05) is 44.9 Å².